The van der Waals surface area contributed by atoms with E-state index in [4.69, 9.17) is 0 Å². The van der Waals surface area contributed by atoms with E-state index in [-0.39, 0.29) is 17.7 Å². The van der Waals surface area contributed by atoms with Gasteiger partial charge in [0.15, 0.2) is 0 Å². The van der Waals surface area contributed by atoms with Gasteiger partial charge < -0.3 is 0 Å². The first-order valence-electron chi connectivity index (χ1n) is 7.53. The highest BCUT2D eigenvalue weighted by Gasteiger charge is 2.15. The molecule has 0 fully saturated rings. The van der Waals surface area contributed by atoms with E-state index >= 15 is 0 Å². The van der Waals surface area contributed by atoms with Gasteiger partial charge in [0.05, 0.1) is 16.8 Å². The molecule has 7 heteroatoms. The van der Waals surface area contributed by atoms with E-state index in [1.807, 2.05) is 24.3 Å². The number of fused-ring (bicyclic) bond motifs is 1. The van der Waals surface area contributed by atoms with E-state index in [0.29, 0.717) is 22.2 Å². The monoisotopic (exact) mass is 333 g/mol. The summed E-state index contributed by atoms with van der Waals surface area (Å²) in [6.07, 6.45) is 1.31. The van der Waals surface area contributed by atoms with Gasteiger partial charge in [-0.3, -0.25) is 10.1 Å². The van der Waals surface area contributed by atoms with Crippen LogP contribution in [0.25, 0.3) is 22.2 Å². The lowest BCUT2D eigenvalue weighted by Crippen LogP contribution is -2.14. The molecule has 2 heterocycles. The summed E-state index contributed by atoms with van der Waals surface area (Å²) in [6, 6.07) is 15.0. The number of H-pyrrole nitrogens is 1. The normalized spacial score (nSPS) is 10.8. The van der Waals surface area contributed by atoms with E-state index < -0.39 is 0 Å². The molecule has 4 rings (SSSR count). The summed E-state index contributed by atoms with van der Waals surface area (Å²) in [5, 5.41) is 9.67. The first-order valence-corrected chi connectivity index (χ1v) is 7.53. The second-order valence-electron chi connectivity index (χ2n) is 5.37. The van der Waals surface area contributed by atoms with Gasteiger partial charge in [0.1, 0.15) is 12.1 Å². The number of benzene rings is 2. The molecule has 2 aromatic heterocycles. The Morgan fingerprint density at radius 3 is 2.64 bits per heavy atom. The van der Waals surface area contributed by atoms with Crippen LogP contribution in [0.2, 0.25) is 0 Å². The highest BCUT2D eigenvalue weighted by molar-refractivity contribution is 6.12. The van der Waals surface area contributed by atoms with Crippen molar-refractivity contribution in [3.05, 3.63) is 72.3 Å². The number of amides is 1. The van der Waals surface area contributed by atoms with Crippen LogP contribution in [0.5, 0.6) is 0 Å². The third-order valence-corrected chi connectivity index (χ3v) is 3.75. The standard InChI is InChI=1S/C18H12FN5O/c19-12-7-5-11(6-8-12)16-9-14(13-3-1-2-4-15(13)22-16)17(25)23-18-20-10-21-24-18/h1-10H,(H2,20,21,23,24,25). The number of para-hydroxylation sites is 1. The minimum absolute atomic E-state index is 0.259. The molecule has 0 spiro atoms. The summed E-state index contributed by atoms with van der Waals surface area (Å²) in [4.78, 5) is 21.2. The quantitative estimate of drug-likeness (QED) is 0.602. The molecular formula is C18H12FN5O. The van der Waals surface area contributed by atoms with Crippen LogP contribution >= 0.6 is 0 Å². The molecule has 0 radical (unpaired) electrons. The van der Waals surface area contributed by atoms with Crippen molar-refractivity contribution in [2.75, 3.05) is 5.32 Å². The molecule has 0 saturated heterocycles. The van der Waals surface area contributed by atoms with Gasteiger partial charge in [-0.2, -0.15) is 10.1 Å². The predicted molar refractivity (Wildman–Crippen MR) is 91.5 cm³/mol. The fraction of sp³-hybridized carbons (Fsp3) is 0. The Morgan fingerprint density at radius 2 is 1.88 bits per heavy atom. The lowest BCUT2D eigenvalue weighted by molar-refractivity contribution is 0.102. The van der Waals surface area contributed by atoms with Crippen molar-refractivity contribution in [2.45, 2.75) is 0 Å². The molecule has 1 amide bonds. The number of carbonyl (C=O) groups excluding carboxylic acids is 1. The second-order valence-corrected chi connectivity index (χ2v) is 5.37. The molecule has 2 N–H and O–H groups in total. The van der Waals surface area contributed by atoms with Crippen molar-refractivity contribution in [3.63, 3.8) is 0 Å². The molecule has 6 nitrogen and oxygen atoms in total. The lowest BCUT2D eigenvalue weighted by atomic mass is 10.0. The summed E-state index contributed by atoms with van der Waals surface area (Å²) >= 11 is 0. The Bertz CT molecular complexity index is 1040. The Balaban J connectivity index is 1.84. The molecule has 0 aliphatic heterocycles. The number of pyridine rings is 1. The molecule has 0 unspecified atom stereocenters. The fourth-order valence-electron chi connectivity index (χ4n) is 2.57. The van der Waals surface area contributed by atoms with Gasteiger partial charge in [0, 0.05) is 10.9 Å². The van der Waals surface area contributed by atoms with Crippen molar-refractivity contribution in [2.24, 2.45) is 0 Å². The van der Waals surface area contributed by atoms with Gasteiger partial charge in [-0.25, -0.2) is 14.5 Å². The SMILES string of the molecule is O=C(Nc1ncn[nH]1)c1cc(-c2ccc(F)cc2)nc2ccccc12. The maximum atomic E-state index is 13.2. The molecule has 25 heavy (non-hydrogen) atoms. The van der Waals surface area contributed by atoms with E-state index in [1.54, 1.807) is 18.2 Å². The summed E-state index contributed by atoms with van der Waals surface area (Å²) in [5.74, 6) is -0.402. The van der Waals surface area contributed by atoms with Crippen LogP contribution in [0.1, 0.15) is 10.4 Å². The summed E-state index contributed by atoms with van der Waals surface area (Å²) in [7, 11) is 0. The largest absolute Gasteiger partial charge is 0.291 e. The number of halogens is 1. The Labute approximate surface area is 141 Å². The van der Waals surface area contributed by atoms with Crippen LogP contribution in [-0.4, -0.2) is 26.1 Å². The Hall–Kier alpha value is -3.61. The maximum Gasteiger partial charge on any atom is 0.258 e. The topological polar surface area (TPSA) is 83.6 Å². The van der Waals surface area contributed by atoms with Crippen LogP contribution in [0.3, 0.4) is 0 Å². The number of nitrogens with zero attached hydrogens (tertiary/aromatic N) is 3. The molecular weight excluding hydrogens is 321 g/mol. The van der Waals surface area contributed by atoms with Crippen molar-refractivity contribution in [1.29, 1.82) is 0 Å². The third kappa shape index (κ3) is 2.94. The highest BCUT2D eigenvalue weighted by atomic mass is 19.1. The van der Waals surface area contributed by atoms with Crippen LogP contribution in [0.4, 0.5) is 10.3 Å². The summed E-state index contributed by atoms with van der Waals surface area (Å²) in [5.41, 5.74) is 2.43. The number of carbonyl (C=O) groups is 1. The number of nitrogens with one attached hydrogen (secondary N) is 2. The smallest absolute Gasteiger partial charge is 0.258 e. The molecule has 0 aliphatic rings. The minimum atomic E-state index is -0.335. The van der Waals surface area contributed by atoms with E-state index in [0.717, 1.165) is 5.56 Å². The average molecular weight is 333 g/mol. The maximum absolute atomic E-state index is 13.2. The molecule has 122 valence electrons. The minimum Gasteiger partial charge on any atom is -0.291 e. The highest BCUT2D eigenvalue weighted by Crippen LogP contribution is 2.25. The Morgan fingerprint density at radius 1 is 1.08 bits per heavy atom. The first kappa shape index (κ1) is 14.9. The van der Waals surface area contributed by atoms with Gasteiger partial charge in [0.25, 0.3) is 5.91 Å². The zero-order chi connectivity index (χ0) is 17.2. The van der Waals surface area contributed by atoms with Crippen molar-refractivity contribution < 1.29 is 9.18 Å². The number of anilines is 1. The zero-order valence-electron chi connectivity index (χ0n) is 12.9. The number of hydrogen-bond donors (Lipinski definition) is 2. The molecule has 0 aliphatic carbocycles. The summed E-state index contributed by atoms with van der Waals surface area (Å²) < 4.78 is 13.2. The molecule has 0 bridgehead atoms. The fourth-order valence-corrected chi connectivity index (χ4v) is 2.57. The molecule has 0 saturated carbocycles. The lowest BCUT2D eigenvalue weighted by Gasteiger charge is -2.09. The number of aromatic nitrogens is 4. The van der Waals surface area contributed by atoms with Gasteiger partial charge in [-0.05, 0) is 36.4 Å². The second kappa shape index (κ2) is 6.12. The number of hydrogen-bond acceptors (Lipinski definition) is 4. The predicted octanol–water partition coefficient (Wildman–Crippen LogP) is 3.41. The molecule has 2 aromatic carbocycles. The zero-order valence-corrected chi connectivity index (χ0v) is 12.9. The number of rotatable bonds is 3. The molecule has 0 atom stereocenters. The first-order chi connectivity index (χ1) is 12.2. The van der Waals surface area contributed by atoms with Gasteiger partial charge in [-0.1, -0.05) is 18.2 Å². The van der Waals surface area contributed by atoms with Crippen LogP contribution in [0, 0.1) is 5.82 Å². The van der Waals surface area contributed by atoms with Crippen molar-refractivity contribution >= 4 is 22.8 Å². The number of aromatic amines is 1. The Kier molecular flexibility index (Phi) is 3.66. The van der Waals surface area contributed by atoms with Crippen LogP contribution in [-0.2, 0) is 0 Å². The average Bonchev–Trinajstić information content (AvgIpc) is 3.14. The molecule has 4 aromatic rings. The van der Waals surface area contributed by atoms with Gasteiger partial charge >= 0.3 is 0 Å². The van der Waals surface area contributed by atoms with Crippen LogP contribution < -0.4 is 5.32 Å². The van der Waals surface area contributed by atoms with Crippen LogP contribution in [0.15, 0.2) is 60.9 Å². The van der Waals surface area contributed by atoms with E-state index in [2.05, 4.69) is 25.5 Å². The van der Waals surface area contributed by atoms with Crippen molar-refractivity contribution in [1.82, 2.24) is 20.2 Å². The van der Waals surface area contributed by atoms with Gasteiger partial charge in [-0.15, -0.1) is 0 Å². The third-order valence-electron chi connectivity index (χ3n) is 3.75. The van der Waals surface area contributed by atoms with Gasteiger partial charge in [0.2, 0.25) is 5.95 Å². The summed E-state index contributed by atoms with van der Waals surface area (Å²) in [6.45, 7) is 0. The van der Waals surface area contributed by atoms with E-state index in [9.17, 15) is 9.18 Å². The van der Waals surface area contributed by atoms with Crippen molar-refractivity contribution in [3.8, 4) is 11.3 Å². The van der Waals surface area contributed by atoms with E-state index in [1.165, 1.54) is 18.5 Å².